The molecule has 3 heterocycles. The van der Waals surface area contributed by atoms with Gasteiger partial charge in [-0.05, 0) is 23.1 Å². The quantitative estimate of drug-likeness (QED) is 0.534. The van der Waals surface area contributed by atoms with Crippen molar-refractivity contribution < 1.29 is 22.2 Å². The third-order valence-electron chi connectivity index (χ3n) is 5.46. The zero-order valence-corrected chi connectivity index (χ0v) is 19.7. The third-order valence-corrected chi connectivity index (χ3v) is 6.13. The zero-order chi connectivity index (χ0) is 25.2. The Morgan fingerprint density at radius 3 is 2.43 bits per heavy atom. The van der Waals surface area contributed by atoms with E-state index in [2.05, 4.69) is 25.7 Å². The SMILES string of the molecule is C=S(C)(=O)Nc1cnn(C(=O)N2CCN(Cc3ccc(-c4cncnc4)cc3C(F)(F)F)CC2)c1. The van der Waals surface area contributed by atoms with Crippen molar-refractivity contribution in [2.24, 2.45) is 0 Å². The maximum absolute atomic E-state index is 13.8. The highest BCUT2D eigenvalue weighted by molar-refractivity contribution is 8.00. The standard InChI is InChI=1S/C22H24F3N7O2S/c1-35(2,34)29-19-12-28-32(14-19)21(33)31-7-5-30(6-8-31)13-17-4-3-16(9-20(17)22(23,24)25)18-10-26-15-27-11-18/h3-4,9-12,14-15H,1,5-8,13H2,2H3,(H,29,34). The van der Waals surface area contributed by atoms with Gasteiger partial charge in [0.25, 0.3) is 0 Å². The van der Waals surface area contributed by atoms with Crippen molar-refractivity contribution in [3.05, 3.63) is 60.4 Å². The molecule has 1 aliphatic rings. The fourth-order valence-electron chi connectivity index (χ4n) is 3.82. The van der Waals surface area contributed by atoms with Crippen molar-refractivity contribution in [3.63, 3.8) is 0 Å². The number of piperazine rings is 1. The van der Waals surface area contributed by atoms with Gasteiger partial charge in [-0.2, -0.15) is 23.0 Å². The molecule has 1 amide bonds. The van der Waals surface area contributed by atoms with Crippen LogP contribution in [0.4, 0.5) is 23.7 Å². The van der Waals surface area contributed by atoms with Crippen molar-refractivity contribution in [3.8, 4) is 11.1 Å². The number of hydrogen-bond donors (Lipinski definition) is 1. The second-order valence-electron chi connectivity index (χ2n) is 8.32. The van der Waals surface area contributed by atoms with Gasteiger partial charge in [0, 0.05) is 66.6 Å². The van der Waals surface area contributed by atoms with Crippen LogP contribution in [-0.2, 0) is 22.4 Å². The van der Waals surface area contributed by atoms with Gasteiger partial charge in [-0.1, -0.05) is 12.1 Å². The van der Waals surface area contributed by atoms with Gasteiger partial charge < -0.3 is 9.62 Å². The number of benzene rings is 1. The maximum atomic E-state index is 13.8. The first-order valence-electron chi connectivity index (χ1n) is 10.6. The molecule has 1 saturated heterocycles. The Balaban J connectivity index is 1.42. The van der Waals surface area contributed by atoms with Gasteiger partial charge in [-0.15, -0.1) is 0 Å². The van der Waals surface area contributed by atoms with Crippen molar-refractivity contribution in [1.29, 1.82) is 0 Å². The van der Waals surface area contributed by atoms with E-state index in [1.807, 2.05) is 4.90 Å². The van der Waals surface area contributed by atoms with Gasteiger partial charge in [0.15, 0.2) is 0 Å². The van der Waals surface area contributed by atoms with Crippen LogP contribution in [0.25, 0.3) is 11.1 Å². The number of rotatable bonds is 5. The fourth-order valence-corrected chi connectivity index (χ4v) is 4.42. The van der Waals surface area contributed by atoms with E-state index in [1.54, 1.807) is 11.0 Å². The minimum absolute atomic E-state index is 0.104. The van der Waals surface area contributed by atoms with E-state index in [-0.39, 0.29) is 18.1 Å². The van der Waals surface area contributed by atoms with Gasteiger partial charge in [-0.25, -0.2) is 19.0 Å². The molecule has 2 aromatic heterocycles. The molecule has 9 nitrogen and oxygen atoms in total. The monoisotopic (exact) mass is 507 g/mol. The summed E-state index contributed by atoms with van der Waals surface area (Å²) in [6.45, 7) is 1.59. The molecule has 186 valence electrons. The van der Waals surface area contributed by atoms with E-state index >= 15 is 0 Å². The van der Waals surface area contributed by atoms with Crippen molar-refractivity contribution in [1.82, 2.24) is 29.5 Å². The summed E-state index contributed by atoms with van der Waals surface area (Å²) in [4.78, 5) is 23.9. The Morgan fingerprint density at radius 2 is 1.80 bits per heavy atom. The molecule has 13 heteroatoms. The van der Waals surface area contributed by atoms with E-state index in [0.717, 1.165) is 10.7 Å². The van der Waals surface area contributed by atoms with Crippen molar-refractivity contribution in [2.45, 2.75) is 12.7 Å². The van der Waals surface area contributed by atoms with Crippen molar-refractivity contribution in [2.75, 3.05) is 37.2 Å². The highest BCUT2D eigenvalue weighted by Crippen LogP contribution is 2.35. The summed E-state index contributed by atoms with van der Waals surface area (Å²) in [5, 5.41) is 4.00. The second-order valence-corrected chi connectivity index (χ2v) is 10.5. The molecule has 1 fully saturated rings. The Labute approximate surface area is 200 Å². The minimum atomic E-state index is -4.51. The van der Waals surface area contributed by atoms with Crippen LogP contribution in [0.15, 0.2) is 49.3 Å². The predicted molar refractivity (Wildman–Crippen MR) is 127 cm³/mol. The Kier molecular flexibility index (Phi) is 6.81. The molecule has 1 atom stereocenters. The van der Waals surface area contributed by atoms with Gasteiger partial charge in [0.2, 0.25) is 0 Å². The molecular weight excluding hydrogens is 483 g/mol. The van der Waals surface area contributed by atoms with E-state index < -0.39 is 21.4 Å². The summed E-state index contributed by atoms with van der Waals surface area (Å²) in [6, 6.07) is 3.87. The maximum Gasteiger partial charge on any atom is 0.416 e. The first-order valence-corrected chi connectivity index (χ1v) is 12.7. The summed E-state index contributed by atoms with van der Waals surface area (Å²) in [5.74, 6) is 3.50. The summed E-state index contributed by atoms with van der Waals surface area (Å²) < 4.78 is 57.0. The van der Waals surface area contributed by atoms with Crippen LogP contribution in [0, 0.1) is 0 Å². The smallest absolute Gasteiger partial charge is 0.320 e. The fraction of sp³-hybridized carbons (Fsp3) is 0.318. The molecule has 1 N–H and O–H groups in total. The molecule has 0 radical (unpaired) electrons. The summed E-state index contributed by atoms with van der Waals surface area (Å²) in [7, 11) is -2.51. The lowest BCUT2D eigenvalue weighted by Crippen LogP contribution is -2.49. The first kappa shape index (κ1) is 24.7. The van der Waals surface area contributed by atoms with Crippen LogP contribution in [0.1, 0.15) is 11.1 Å². The van der Waals surface area contributed by atoms with Gasteiger partial charge in [0.1, 0.15) is 6.33 Å². The Hall–Kier alpha value is -3.45. The van der Waals surface area contributed by atoms with Gasteiger partial charge in [0.05, 0.1) is 23.6 Å². The van der Waals surface area contributed by atoms with E-state index in [0.29, 0.717) is 43.0 Å². The lowest BCUT2D eigenvalue weighted by molar-refractivity contribution is -0.138. The third kappa shape index (κ3) is 6.17. The predicted octanol–water partition coefficient (Wildman–Crippen LogP) is 2.82. The number of carbonyl (C=O) groups is 1. The molecule has 0 aliphatic carbocycles. The molecule has 35 heavy (non-hydrogen) atoms. The van der Waals surface area contributed by atoms with E-state index in [4.69, 9.17) is 0 Å². The van der Waals surface area contributed by atoms with Gasteiger partial charge in [-0.3, -0.25) is 4.90 Å². The molecule has 0 bridgehead atoms. The number of anilines is 1. The second kappa shape index (κ2) is 9.66. The average Bonchev–Trinajstić information content (AvgIpc) is 3.26. The van der Waals surface area contributed by atoms with Crippen LogP contribution >= 0.6 is 0 Å². The highest BCUT2D eigenvalue weighted by atomic mass is 32.2. The number of halogens is 3. The normalized spacial score (nSPS) is 16.6. The van der Waals surface area contributed by atoms with Crippen LogP contribution < -0.4 is 4.72 Å². The number of amides is 1. The molecule has 0 saturated carbocycles. The molecule has 3 aromatic rings. The number of nitrogens with one attached hydrogen (secondary N) is 1. The Morgan fingerprint density at radius 1 is 1.11 bits per heavy atom. The number of nitrogens with zero attached hydrogens (tertiary/aromatic N) is 6. The van der Waals surface area contributed by atoms with Crippen LogP contribution in [0.2, 0.25) is 0 Å². The first-order chi connectivity index (χ1) is 16.5. The number of hydrogen-bond acceptors (Lipinski definition) is 6. The topological polar surface area (TPSA) is 96.2 Å². The summed E-state index contributed by atoms with van der Waals surface area (Å²) in [6.07, 6.45) is 3.98. The lowest BCUT2D eigenvalue weighted by atomic mass is 9.99. The molecule has 4 rings (SSSR count). The Bertz CT molecular complexity index is 1300. The number of aromatic nitrogens is 4. The largest absolute Gasteiger partial charge is 0.416 e. The molecular formula is C22H24F3N7O2S. The summed E-state index contributed by atoms with van der Waals surface area (Å²) in [5.41, 5.74) is 0.765. The van der Waals surface area contributed by atoms with Crippen LogP contribution in [0.5, 0.6) is 0 Å². The molecule has 1 unspecified atom stereocenters. The number of carbonyl (C=O) groups excluding carboxylic acids is 1. The van der Waals surface area contributed by atoms with Gasteiger partial charge >= 0.3 is 12.2 Å². The highest BCUT2D eigenvalue weighted by Gasteiger charge is 2.34. The molecule has 1 aliphatic heterocycles. The van der Waals surface area contributed by atoms with Crippen molar-refractivity contribution >= 4 is 27.3 Å². The van der Waals surface area contributed by atoms with Crippen LogP contribution in [0.3, 0.4) is 0 Å². The summed E-state index contributed by atoms with van der Waals surface area (Å²) >= 11 is 0. The molecule has 1 aromatic carbocycles. The molecule has 0 spiro atoms. The lowest BCUT2D eigenvalue weighted by Gasteiger charge is -2.34. The number of alkyl halides is 3. The van der Waals surface area contributed by atoms with E-state index in [1.165, 1.54) is 43.4 Å². The minimum Gasteiger partial charge on any atom is -0.320 e. The van der Waals surface area contributed by atoms with E-state index in [9.17, 15) is 22.2 Å². The van der Waals surface area contributed by atoms with Crippen LogP contribution in [-0.4, -0.2) is 78.1 Å². The zero-order valence-electron chi connectivity index (χ0n) is 18.9. The average molecular weight is 508 g/mol.